The molecule has 174 valence electrons. The highest BCUT2D eigenvalue weighted by atomic mass is 16.5. The van der Waals surface area contributed by atoms with Gasteiger partial charge >= 0.3 is 0 Å². The summed E-state index contributed by atoms with van der Waals surface area (Å²) in [5.74, 6) is 2.36. The van der Waals surface area contributed by atoms with E-state index in [0.29, 0.717) is 5.91 Å². The number of benzene rings is 2. The number of aromatic nitrogens is 2. The van der Waals surface area contributed by atoms with Crippen LogP contribution in [0.5, 0.6) is 5.75 Å². The van der Waals surface area contributed by atoms with E-state index in [4.69, 9.17) is 9.72 Å². The molecule has 33 heavy (non-hydrogen) atoms. The molecular formula is C26H33N5O2. The fraction of sp³-hybridized carbons (Fsp3) is 0.462. The summed E-state index contributed by atoms with van der Waals surface area (Å²) in [6, 6.07) is 14.5. The zero-order chi connectivity index (χ0) is 22.8. The Kier molecular flexibility index (Phi) is 6.22. The first-order chi connectivity index (χ1) is 16.1. The summed E-state index contributed by atoms with van der Waals surface area (Å²) in [4.78, 5) is 28.2. The number of piperidine rings is 1. The lowest BCUT2D eigenvalue weighted by Crippen LogP contribution is -2.51. The molecule has 0 spiro atoms. The molecule has 0 atom stereocenters. The van der Waals surface area contributed by atoms with Gasteiger partial charge in [-0.3, -0.25) is 9.69 Å². The lowest BCUT2D eigenvalue weighted by atomic mass is 9.95. The Morgan fingerprint density at radius 3 is 2.45 bits per heavy atom. The number of aryl methyl sites for hydroxylation is 1. The molecular weight excluding hydrogens is 414 g/mol. The maximum Gasteiger partial charge on any atom is 0.225 e. The number of carbonyl (C=O) groups is 1. The molecule has 0 bridgehead atoms. The van der Waals surface area contributed by atoms with Crippen molar-refractivity contribution in [3.63, 3.8) is 0 Å². The van der Waals surface area contributed by atoms with E-state index in [-0.39, 0.29) is 5.92 Å². The van der Waals surface area contributed by atoms with Crippen LogP contribution in [0.25, 0.3) is 11.0 Å². The molecule has 2 aromatic carbocycles. The molecule has 2 saturated heterocycles. The zero-order valence-electron chi connectivity index (χ0n) is 19.6. The van der Waals surface area contributed by atoms with Gasteiger partial charge in [-0.25, -0.2) is 4.98 Å². The van der Waals surface area contributed by atoms with E-state index >= 15 is 0 Å². The summed E-state index contributed by atoms with van der Waals surface area (Å²) in [7, 11) is 1.68. The molecule has 1 amide bonds. The number of hydrogen-bond acceptors (Lipinski definition) is 5. The van der Waals surface area contributed by atoms with Gasteiger partial charge in [-0.1, -0.05) is 6.07 Å². The van der Waals surface area contributed by atoms with E-state index in [0.717, 1.165) is 81.3 Å². The topological polar surface area (TPSA) is 64.7 Å². The van der Waals surface area contributed by atoms with Gasteiger partial charge in [-0.2, -0.15) is 0 Å². The molecule has 0 aliphatic carbocycles. The number of amides is 1. The maximum absolute atomic E-state index is 13.1. The standard InChI is InChI=1S/C26H33N5O2/c1-19-3-8-23-24(17-19)28-25(27-23)18-29-11-9-20(10-12-29)26(32)31-15-13-30(14-16-31)21-4-6-22(33-2)7-5-21/h3-8,17,20H,9-16,18H2,1-2H3,(H,27,28). The van der Waals surface area contributed by atoms with Crippen molar-refractivity contribution < 1.29 is 9.53 Å². The van der Waals surface area contributed by atoms with E-state index in [1.54, 1.807) is 7.11 Å². The molecule has 7 heteroatoms. The molecule has 3 aromatic rings. The van der Waals surface area contributed by atoms with Crippen molar-refractivity contribution >= 4 is 22.6 Å². The van der Waals surface area contributed by atoms with E-state index in [9.17, 15) is 4.79 Å². The molecule has 1 N–H and O–H groups in total. The molecule has 5 rings (SSSR count). The SMILES string of the molecule is COc1ccc(N2CCN(C(=O)C3CCN(Cc4nc5ccc(C)cc5[nH]4)CC3)CC2)cc1. The number of aromatic amines is 1. The van der Waals surface area contributed by atoms with Crippen LogP contribution in [0, 0.1) is 12.8 Å². The van der Waals surface area contributed by atoms with Crippen molar-refractivity contribution in [2.75, 3.05) is 51.3 Å². The highest BCUT2D eigenvalue weighted by Gasteiger charge is 2.30. The van der Waals surface area contributed by atoms with Gasteiger partial charge in [0, 0.05) is 37.8 Å². The molecule has 1 aromatic heterocycles. The molecule has 0 unspecified atom stereocenters. The number of imidazole rings is 1. The lowest BCUT2D eigenvalue weighted by molar-refractivity contribution is -0.137. The Morgan fingerprint density at radius 2 is 1.76 bits per heavy atom. The third-order valence-electron chi connectivity index (χ3n) is 7.03. The average molecular weight is 448 g/mol. The number of anilines is 1. The summed E-state index contributed by atoms with van der Waals surface area (Å²) in [6.07, 6.45) is 1.85. The highest BCUT2D eigenvalue weighted by Crippen LogP contribution is 2.24. The van der Waals surface area contributed by atoms with Crippen molar-refractivity contribution in [1.82, 2.24) is 19.8 Å². The monoisotopic (exact) mass is 447 g/mol. The van der Waals surface area contributed by atoms with Gasteiger partial charge in [0.15, 0.2) is 0 Å². The van der Waals surface area contributed by atoms with Crippen LogP contribution in [-0.2, 0) is 11.3 Å². The number of nitrogens with zero attached hydrogens (tertiary/aromatic N) is 4. The number of piperazine rings is 1. The van der Waals surface area contributed by atoms with E-state index in [1.807, 2.05) is 12.1 Å². The number of ether oxygens (including phenoxy) is 1. The first-order valence-electron chi connectivity index (χ1n) is 11.9. The van der Waals surface area contributed by atoms with Crippen LogP contribution >= 0.6 is 0 Å². The number of carbonyl (C=O) groups excluding carboxylic acids is 1. The largest absolute Gasteiger partial charge is 0.497 e. The first-order valence-corrected chi connectivity index (χ1v) is 11.9. The molecule has 0 saturated carbocycles. The number of likely N-dealkylation sites (tertiary alicyclic amines) is 1. The predicted molar refractivity (Wildman–Crippen MR) is 131 cm³/mol. The third-order valence-corrected chi connectivity index (χ3v) is 7.03. The highest BCUT2D eigenvalue weighted by molar-refractivity contribution is 5.79. The summed E-state index contributed by atoms with van der Waals surface area (Å²) in [6.45, 7) is 8.14. The molecule has 2 aliphatic heterocycles. The van der Waals surface area contributed by atoms with Crippen LogP contribution in [0.2, 0.25) is 0 Å². The van der Waals surface area contributed by atoms with Crippen molar-refractivity contribution in [3.8, 4) is 5.75 Å². The summed E-state index contributed by atoms with van der Waals surface area (Å²) < 4.78 is 5.25. The smallest absolute Gasteiger partial charge is 0.225 e. The normalized spacial score (nSPS) is 18.1. The second-order valence-corrected chi connectivity index (χ2v) is 9.26. The Morgan fingerprint density at radius 1 is 1.03 bits per heavy atom. The fourth-order valence-electron chi connectivity index (χ4n) is 5.04. The van der Waals surface area contributed by atoms with Crippen molar-refractivity contribution in [2.45, 2.75) is 26.3 Å². The van der Waals surface area contributed by atoms with Gasteiger partial charge in [-0.05, 0) is 74.8 Å². The molecule has 2 fully saturated rings. The van der Waals surface area contributed by atoms with Crippen molar-refractivity contribution in [2.24, 2.45) is 5.92 Å². The van der Waals surface area contributed by atoms with Gasteiger partial charge in [0.2, 0.25) is 5.91 Å². The van der Waals surface area contributed by atoms with Gasteiger partial charge in [-0.15, -0.1) is 0 Å². The van der Waals surface area contributed by atoms with Gasteiger partial charge in [0.25, 0.3) is 0 Å². The van der Waals surface area contributed by atoms with Crippen LogP contribution < -0.4 is 9.64 Å². The van der Waals surface area contributed by atoms with Crippen LogP contribution in [0.3, 0.4) is 0 Å². The minimum absolute atomic E-state index is 0.145. The Labute approximate surface area is 195 Å². The quantitative estimate of drug-likeness (QED) is 0.649. The second kappa shape index (κ2) is 9.43. The summed E-state index contributed by atoms with van der Waals surface area (Å²) in [5.41, 5.74) is 4.55. The van der Waals surface area contributed by atoms with E-state index in [2.05, 4.69) is 56.9 Å². The van der Waals surface area contributed by atoms with Crippen LogP contribution in [0.1, 0.15) is 24.2 Å². The number of H-pyrrole nitrogens is 1. The lowest BCUT2D eigenvalue weighted by Gasteiger charge is -2.39. The van der Waals surface area contributed by atoms with E-state index < -0.39 is 0 Å². The Hall–Kier alpha value is -3.06. The zero-order valence-corrected chi connectivity index (χ0v) is 19.6. The minimum Gasteiger partial charge on any atom is -0.497 e. The number of rotatable bonds is 5. The number of fused-ring (bicyclic) bond motifs is 1. The Bertz CT molecular complexity index is 1090. The van der Waals surface area contributed by atoms with Crippen molar-refractivity contribution in [3.05, 3.63) is 53.9 Å². The average Bonchev–Trinajstić information content (AvgIpc) is 3.25. The van der Waals surface area contributed by atoms with Gasteiger partial charge in [0.05, 0.1) is 24.7 Å². The van der Waals surface area contributed by atoms with Gasteiger partial charge < -0.3 is 19.5 Å². The summed E-state index contributed by atoms with van der Waals surface area (Å²) in [5, 5.41) is 0. The molecule has 2 aliphatic rings. The number of hydrogen-bond donors (Lipinski definition) is 1. The van der Waals surface area contributed by atoms with Crippen LogP contribution in [0.15, 0.2) is 42.5 Å². The fourth-order valence-corrected chi connectivity index (χ4v) is 5.04. The third kappa shape index (κ3) is 4.83. The van der Waals surface area contributed by atoms with Gasteiger partial charge in [0.1, 0.15) is 11.6 Å². The van der Waals surface area contributed by atoms with E-state index in [1.165, 1.54) is 11.3 Å². The van der Waals surface area contributed by atoms with Crippen molar-refractivity contribution in [1.29, 1.82) is 0 Å². The molecule has 7 nitrogen and oxygen atoms in total. The maximum atomic E-state index is 13.1. The Balaban J connectivity index is 1.10. The number of nitrogens with one attached hydrogen (secondary N) is 1. The van der Waals surface area contributed by atoms with Crippen LogP contribution in [-0.4, -0.2) is 72.1 Å². The summed E-state index contributed by atoms with van der Waals surface area (Å²) >= 11 is 0. The van der Waals surface area contributed by atoms with Crippen LogP contribution in [0.4, 0.5) is 5.69 Å². The molecule has 0 radical (unpaired) electrons. The molecule has 3 heterocycles. The minimum atomic E-state index is 0.145. The predicted octanol–water partition coefficient (Wildman–Crippen LogP) is 3.44. The first kappa shape index (κ1) is 21.8. The second-order valence-electron chi connectivity index (χ2n) is 9.26. The number of methoxy groups -OCH3 is 1.